The van der Waals surface area contributed by atoms with Gasteiger partial charge in [-0.2, -0.15) is 0 Å². The predicted octanol–water partition coefficient (Wildman–Crippen LogP) is 1.72. The van der Waals surface area contributed by atoms with Crippen molar-refractivity contribution in [1.82, 2.24) is 10.8 Å². The van der Waals surface area contributed by atoms with Crippen LogP contribution in [0.4, 0.5) is 0 Å². The van der Waals surface area contributed by atoms with Gasteiger partial charge in [0.15, 0.2) is 0 Å². The van der Waals surface area contributed by atoms with Crippen LogP contribution in [0.3, 0.4) is 0 Å². The Kier molecular flexibility index (Phi) is 4.94. The number of carboxylic acid groups (broad SMARTS) is 1. The molecule has 3 N–H and O–H groups in total. The smallest absolute Gasteiger partial charge is 0.320 e. The maximum atomic E-state index is 10.8. The molecule has 106 valence electrons. The highest BCUT2D eigenvalue weighted by molar-refractivity contribution is 6.74. The molecule has 0 bridgehead atoms. The van der Waals surface area contributed by atoms with Gasteiger partial charge in [0.2, 0.25) is 8.32 Å². The van der Waals surface area contributed by atoms with Gasteiger partial charge in [0.25, 0.3) is 0 Å². The first-order valence-electron chi connectivity index (χ1n) is 6.53. The van der Waals surface area contributed by atoms with Crippen molar-refractivity contribution in [2.45, 2.75) is 63.8 Å². The van der Waals surface area contributed by atoms with Gasteiger partial charge in [0, 0.05) is 12.6 Å². The Labute approximate surface area is 110 Å². The molecule has 0 saturated carbocycles. The second-order valence-electron chi connectivity index (χ2n) is 6.55. The van der Waals surface area contributed by atoms with E-state index >= 15 is 0 Å². The van der Waals surface area contributed by atoms with Crippen LogP contribution in [0.25, 0.3) is 0 Å². The van der Waals surface area contributed by atoms with Gasteiger partial charge in [0.1, 0.15) is 6.04 Å². The molecular formula is C12H26N2O3Si. The number of aliphatic carboxylic acids is 1. The fraction of sp³-hybridized carbons (Fsp3) is 0.917. The zero-order valence-electron chi connectivity index (χ0n) is 12.0. The number of rotatable bonds is 4. The van der Waals surface area contributed by atoms with E-state index in [0.29, 0.717) is 13.0 Å². The Balaban J connectivity index is 2.36. The molecule has 1 aliphatic heterocycles. The van der Waals surface area contributed by atoms with Crippen LogP contribution in [-0.4, -0.2) is 38.0 Å². The van der Waals surface area contributed by atoms with Crippen molar-refractivity contribution in [1.29, 1.82) is 0 Å². The first-order valence-corrected chi connectivity index (χ1v) is 9.44. The maximum Gasteiger partial charge on any atom is 0.320 e. The average molecular weight is 274 g/mol. The number of piperidine rings is 1. The zero-order valence-corrected chi connectivity index (χ0v) is 13.0. The monoisotopic (exact) mass is 274 g/mol. The van der Waals surface area contributed by atoms with Crippen LogP contribution in [0.5, 0.6) is 0 Å². The van der Waals surface area contributed by atoms with Crippen molar-refractivity contribution in [3.05, 3.63) is 0 Å². The minimum atomic E-state index is -1.78. The summed E-state index contributed by atoms with van der Waals surface area (Å²) in [6.07, 6.45) is 1.48. The summed E-state index contributed by atoms with van der Waals surface area (Å²) in [6.45, 7) is 11.6. The van der Waals surface area contributed by atoms with Crippen LogP contribution in [-0.2, 0) is 9.32 Å². The summed E-state index contributed by atoms with van der Waals surface area (Å²) in [5, 5.41) is 12.1. The molecule has 0 aromatic heterocycles. The van der Waals surface area contributed by atoms with Crippen molar-refractivity contribution in [2.24, 2.45) is 0 Å². The quantitative estimate of drug-likeness (QED) is 0.538. The Morgan fingerprint density at radius 2 is 2.00 bits per heavy atom. The Hall–Kier alpha value is -0.433. The molecule has 0 radical (unpaired) electrons. The maximum absolute atomic E-state index is 10.8. The Morgan fingerprint density at radius 3 is 2.39 bits per heavy atom. The molecule has 1 fully saturated rings. The second kappa shape index (κ2) is 5.69. The summed E-state index contributed by atoms with van der Waals surface area (Å²) in [6, 6.07) is -0.203. The van der Waals surface area contributed by atoms with E-state index in [2.05, 4.69) is 44.7 Å². The molecule has 0 amide bonds. The van der Waals surface area contributed by atoms with E-state index in [-0.39, 0.29) is 11.1 Å². The zero-order chi connectivity index (χ0) is 14.0. The van der Waals surface area contributed by atoms with Crippen molar-refractivity contribution >= 4 is 14.3 Å². The summed E-state index contributed by atoms with van der Waals surface area (Å²) < 4.78 is 5.93. The number of carboxylic acids is 1. The highest BCUT2D eigenvalue weighted by atomic mass is 28.4. The third kappa shape index (κ3) is 4.05. The Bertz CT molecular complexity index is 294. The summed E-state index contributed by atoms with van der Waals surface area (Å²) in [5.74, 6) is -0.765. The van der Waals surface area contributed by atoms with Gasteiger partial charge in [-0.05, 0) is 31.0 Å². The third-order valence-corrected chi connectivity index (χ3v) is 8.24. The van der Waals surface area contributed by atoms with Gasteiger partial charge in [-0.15, -0.1) is 0 Å². The minimum Gasteiger partial charge on any atom is -0.480 e. The molecule has 1 aliphatic rings. The standard InChI is InChI=1S/C12H26N2O3Si/c1-12(2,3)18(4,5)17-14-9-6-7-10(11(15)16)13-8-9/h9-10,13-14H,6-8H2,1-5H3,(H,15,16)/t9?,10-/m0/s1. The predicted molar refractivity (Wildman–Crippen MR) is 73.9 cm³/mol. The van der Waals surface area contributed by atoms with Gasteiger partial charge >= 0.3 is 5.97 Å². The van der Waals surface area contributed by atoms with E-state index in [1.165, 1.54) is 0 Å². The molecule has 0 aromatic carbocycles. The van der Waals surface area contributed by atoms with E-state index in [9.17, 15) is 4.79 Å². The van der Waals surface area contributed by atoms with Gasteiger partial charge in [-0.3, -0.25) is 4.79 Å². The number of hydroxylamine groups is 1. The van der Waals surface area contributed by atoms with E-state index in [1.807, 2.05) is 0 Å². The van der Waals surface area contributed by atoms with Gasteiger partial charge < -0.3 is 15.0 Å². The highest BCUT2D eigenvalue weighted by Crippen LogP contribution is 2.36. The van der Waals surface area contributed by atoms with Gasteiger partial charge in [0.05, 0.1) is 0 Å². The molecular weight excluding hydrogens is 248 g/mol. The van der Waals surface area contributed by atoms with Crippen LogP contribution < -0.4 is 10.8 Å². The number of hydrogen-bond donors (Lipinski definition) is 3. The fourth-order valence-electron chi connectivity index (χ4n) is 1.55. The molecule has 1 saturated heterocycles. The molecule has 1 heterocycles. The van der Waals surface area contributed by atoms with Crippen LogP contribution in [0.15, 0.2) is 0 Å². The van der Waals surface area contributed by atoms with E-state index in [4.69, 9.17) is 9.63 Å². The highest BCUT2D eigenvalue weighted by Gasteiger charge is 2.38. The SMILES string of the molecule is CC(C)(C)[Si](C)(C)ONC1CC[C@@H](C(=O)O)NC1. The normalized spacial score (nSPS) is 26.1. The largest absolute Gasteiger partial charge is 0.480 e. The molecule has 6 heteroatoms. The number of nitrogens with one attached hydrogen (secondary N) is 2. The summed E-state index contributed by atoms with van der Waals surface area (Å²) >= 11 is 0. The first kappa shape index (κ1) is 15.6. The van der Waals surface area contributed by atoms with E-state index in [1.54, 1.807) is 0 Å². The molecule has 5 nitrogen and oxygen atoms in total. The molecule has 1 rings (SSSR count). The lowest BCUT2D eigenvalue weighted by Crippen LogP contribution is -2.54. The number of hydrogen-bond acceptors (Lipinski definition) is 4. The van der Waals surface area contributed by atoms with Crippen LogP contribution >= 0.6 is 0 Å². The number of carbonyl (C=O) groups is 1. The van der Waals surface area contributed by atoms with E-state index < -0.39 is 20.3 Å². The van der Waals surface area contributed by atoms with Crippen LogP contribution in [0.1, 0.15) is 33.6 Å². The van der Waals surface area contributed by atoms with E-state index in [0.717, 1.165) is 6.42 Å². The topological polar surface area (TPSA) is 70.6 Å². The van der Waals surface area contributed by atoms with Crippen molar-refractivity contribution in [2.75, 3.05) is 6.54 Å². The molecule has 1 unspecified atom stereocenters. The summed E-state index contributed by atoms with van der Waals surface area (Å²) in [4.78, 5) is 10.8. The van der Waals surface area contributed by atoms with Crippen LogP contribution in [0.2, 0.25) is 18.1 Å². The van der Waals surface area contributed by atoms with Crippen LogP contribution in [0, 0.1) is 0 Å². The molecule has 2 atom stereocenters. The summed E-state index contributed by atoms with van der Waals surface area (Å²) in [5.41, 5.74) is 3.13. The minimum absolute atomic E-state index is 0.172. The van der Waals surface area contributed by atoms with Crippen molar-refractivity contribution in [3.63, 3.8) is 0 Å². The molecule has 18 heavy (non-hydrogen) atoms. The van der Waals surface area contributed by atoms with Gasteiger partial charge in [-0.1, -0.05) is 20.8 Å². The average Bonchev–Trinajstić information content (AvgIpc) is 2.25. The summed E-state index contributed by atoms with van der Waals surface area (Å²) in [7, 11) is -1.78. The molecule has 0 spiro atoms. The fourth-order valence-corrected chi connectivity index (χ4v) is 2.32. The second-order valence-corrected chi connectivity index (χ2v) is 11.3. The molecule has 0 aliphatic carbocycles. The lowest BCUT2D eigenvalue weighted by Gasteiger charge is -2.38. The van der Waals surface area contributed by atoms with Crippen molar-refractivity contribution in [3.8, 4) is 0 Å². The lowest BCUT2D eigenvalue weighted by molar-refractivity contribution is -0.140. The lowest BCUT2D eigenvalue weighted by atomic mass is 10.0. The third-order valence-electron chi connectivity index (χ3n) is 4.00. The van der Waals surface area contributed by atoms with Gasteiger partial charge in [-0.25, -0.2) is 5.48 Å². The Morgan fingerprint density at radius 1 is 1.39 bits per heavy atom. The van der Waals surface area contributed by atoms with Crippen molar-refractivity contribution < 1.29 is 14.4 Å². The molecule has 0 aromatic rings. The first-order chi connectivity index (χ1) is 8.13.